The van der Waals surface area contributed by atoms with Gasteiger partial charge in [-0.25, -0.2) is 14.4 Å². The zero-order valence-corrected chi connectivity index (χ0v) is 21.6. The minimum absolute atomic E-state index is 0.108. The van der Waals surface area contributed by atoms with Gasteiger partial charge in [0.1, 0.15) is 23.7 Å². The van der Waals surface area contributed by atoms with Gasteiger partial charge in [0.25, 0.3) is 5.56 Å². The van der Waals surface area contributed by atoms with E-state index in [9.17, 15) is 4.79 Å². The van der Waals surface area contributed by atoms with E-state index in [0.29, 0.717) is 46.1 Å². The number of pyridine rings is 2. The monoisotopic (exact) mass is 494 g/mol. The maximum Gasteiger partial charge on any atom is 0.262 e. The van der Waals surface area contributed by atoms with Crippen LogP contribution in [0.4, 0.5) is 4.39 Å². The summed E-state index contributed by atoms with van der Waals surface area (Å²) in [5, 5.41) is 0.703. The number of fused-ring (bicyclic) bond motifs is 1. The first-order valence-corrected chi connectivity index (χ1v) is 11.8. The molecular weight excluding hydrogens is 463 g/mol. The Labute approximate surface area is 209 Å². The van der Waals surface area contributed by atoms with E-state index in [0.717, 1.165) is 0 Å². The summed E-state index contributed by atoms with van der Waals surface area (Å²) in [7, 11) is 6.23. The Morgan fingerprint density at radius 1 is 1.06 bits per heavy atom. The van der Waals surface area contributed by atoms with Crippen LogP contribution in [0.5, 0.6) is 5.75 Å². The van der Waals surface area contributed by atoms with E-state index in [2.05, 4.69) is 4.98 Å². The van der Waals surface area contributed by atoms with Crippen molar-refractivity contribution in [2.75, 3.05) is 21.3 Å². The van der Waals surface area contributed by atoms with Gasteiger partial charge in [-0.15, -0.1) is 0 Å². The van der Waals surface area contributed by atoms with Crippen LogP contribution in [0.25, 0.3) is 22.0 Å². The molecule has 0 fully saturated rings. The molecule has 0 saturated heterocycles. The first-order valence-electron chi connectivity index (χ1n) is 11.8. The summed E-state index contributed by atoms with van der Waals surface area (Å²) in [5.41, 5.74) is 1.62. The van der Waals surface area contributed by atoms with E-state index < -0.39 is 11.9 Å². The van der Waals surface area contributed by atoms with Crippen molar-refractivity contribution in [3.63, 3.8) is 0 Å². The molecule has 3 heterocycles. The third-order valence-corrected chi connectivity index (χ3v) is 6.58. The Kier molecular flexibility index (Phi) is 7.10. The summed E-state index contributed by atoms with van der Waals surface area (Å²) in [6.07, 6.45) is 1.89. The second-order valence-electron chi connectivity index (χ2n) is 9.14. The van der Waals surface area contributed by atoms with Gasteiger partial charge in [0.05, 0.1) is 38.0 Å². The van der Waals surface area contributed by atoms with Gasteiger partial charge in [-0.2, -0.15) is 0 Å². The van der Waals surface area contributed by atoms with E-state index >= 15 is 4.39 Å². The van der Waals surface area contributed by atoms with Crippen molar-refractivity contribution in [3.8, 4) is 16.9 Å². The molecule has 8 nitrogen and oxygen atoms in total. The quantitative estimate of drug-likeness (QED) is 0.533. The molecule has 0 unspecified atom stereocenters. The topological polar surface area (TPSA) is 87.3 Å². The molecule has 36 heavy (non-hydrogen) atoms. The minimum atomic E-state index is -0.571. The van der Waals surface area contributed by atoms with E-state index in [1.807, 2.05) is 19.9 Å². The van der Waals surface area contributed by atoms with Gasteiger partial charge in [0.2, 0.25) is 11.8 Å². The third-order valence-electron chi connectivity index (χ3n) is 6.58. The van der Waals surface area contributed by atoms with Crippen LogP contribution in [-0.4, -0.2) is 54.8 Å². The summed E-state index contributed by atoms with van der Waals surface area (Å²) in [5.74, 6) is 0.875. The van der Waals surface area contributed by atoms with E-state index in [4.69, 9.17) is 24.2 Å². The zero-order valence-electron chi connectivity index (χ0n) is 21.6. The van der Waals surface area contributed by atoms with Gasteiger partial charge in [0, 0.05) is 36.8 Å². The lowest BCUT2D eigenvalue weighted by Gasteiger charge is -2.27. The molecule has 190 valence electrons. The second-order valence-corrected chi connectivity index (χ2v) is 9.14. The first kappa shape index (κ1) is 25.3. The van der Waals surface area contributed by atoms with Gasteiger partial charge in [-0.05, 0) is 30.5 Å². The molecule has 0 spiro atoms. The van der Waals surface area contributed by atoms with E-state index in [1.165, 1.54) is 17.7 Å². The molecule has 1 aliphatic rings. The molecular formula is C27H31FN4O4. The normalized spacial score (nSPS) is 17.7. The largest absolute Gasteiger partial charge is 0.496 e. The van der Waals surface area contributed by atoms with Crippen molar-refractivity contribution in [3.05, 3.63) is 57.9 Å². The molecule has 2 atom stereocenters. The average Bonchev–Trinajstić information content (AvgIpc) is 2.87. The molecule has 0 bridgehead atoms. The van der Waals surface area contributed by atoms with Crippen LogP contribution in [0, 0.1) is 18.7 Å². The number of halogens is 1. The molecule has 9 heteroatoms. The highest BCUT2D eigenvalue weighted by Gasteiger charge is 2.32. The fourth-order valence-corrected chi connectivity index (χ4v) is 4.57. The summed E-state index contributed by atoms with van der Waals surface area (Å²) < 4.78 is 33.9. The second kappa shape index (κ2) is 10.1. The lowest BCUT2D eigenvalue weighted by Crippen LogP contribution is -2.38. The third kappa shape index (κ3) is 4.34. The molecule has 1 aromatic carbocycles. The molecule has 2 aromatic heterocycles. The van der Waals surface area contributed by atoms with Gasteiger partial charge < -0.3 is 18.8 Å². The maximum absolute atomic E-state index is 15.9. The molecule has 3 aromatic rings. The first-order chi connectivity index (χ1) is 17.2. The number of nitrogens with zero attached hydrogens (tertiary/aromatic N) is 4. The van der Waals surface area contributed by atoms with Crippen LogP contribution < -0.4 is 10.3 Å². The van der Waals surface area contributed by atoms with Gasteiger partial charge in [0.15, 0.2) is 0 Å². The number of hydrogen-bond acceptors (Lipinski definition) is 7. The van der Waals surface area contributed by atoms with Gasteiger partial charge in [-0.1, -0.05) is 19.9 Å². The minimum Gasteiger partial charge on any atom is -0.496 e. The highest BCUT2D eigenvalue weighted by molar-refractivity contribution is 5.98. The van der Waals surface area contributed by atoms with Crippen LogP contribution in [-0.2, 0) is 22.9 Å². The van der Waals surface area contributed by atoms with E-state index in [1.54, 1.807) is 46.5 Å². The van der Waals surface area contributed by atoms with Crippen LogP contribution in [0.15, 0.2) is 45.2 Å². The van der Waals surface area contributed by atoms with Crippen molar-refractivity contribution in [2.24, 2.45) is 23.0 Å². The molecule has 4 rings (SSSR count). The van der Waals surface area contributed by atoms with E-state index in [-0.39, 0.29) is 28.6 Å². The lowest BCUT2D eigenvalue weighted by atomic mass is 9.93. The Morgan fingerprint density at radius 3 is 2.42 bits per heavy atom. The predicted octanol–water partition coefficient (Wildman–Crippen LogP) is 4.10. The number of aryl methyl sites for hydroxylation is 1. The van der Waals surface area contributed by atoms with Crippen molar-refractivity contribution in [2.45, 2.75) is 39.3 Å². The zero-order chi connectivity index (χ0) is 26.1. The van der Waals surface area contributed by atoms with Crippen LogP contribution in [0.2, 0.25) is 0 Å². The standard InChI is InChI=1S/C27H31FN4O4/c1-14(2)23-26(36-7)30-19(25(31-23)35-6)13-16-12-18(28)21(24-17(16)9-8-10-29-24)22-20(34-5)11-15(3)32(4)27(22)33/h8-12,14,19,23H,13H2,1-7H3/t19-,23+/m0/s1. The van der Waals surface area contributed by atoms with Crippen molar-refractivity contribution in [1.29, 1.82) is 0 Å². The lowest BCUT2D eigenvalue weighted by molar-refractivity contribution is 0.333. The van der Waals surface area contributed by atoms with Gasteiger partial charge in [-0.3, -0.25) is 9.78 Å². The van der Waals surface area contributed by atoms with Crippen LogP contribution in [0.3, 0.4) is 0 Å². The fourth-order valence-electron chi connectivity index (χ4n) is 4.57. The number of aromatic nitrogens is 2. The number of hydrogen-bond donors (Lipinski definition) is 0. The molecule has 0 N–H and O–H groups in total. The number of methoxy groups -OCH3 is 3. The summed E-state index contributed by atoms with van der Waals surface area (Å²) >= 11 is 0. The SMILES string of the molecule is COC1=N[C@H](C(C)C)C(OC)=N[C@H]1Cc1cc(F)c(-c2c(OC)cc(C)n(C)c2=O)c2ncccc12. The maximum atomic E-state index is 15.9. The Hall–Kier alpha value is -3.75. The van der Waals surface area contributed by atoms with Gasteiger partial charge >= 0.3 is 0 Å². The molecule has 0 aliphatic carbocycles. The Bertz CT molecular complexity index is 1430. The number of ether oxygens (including phenoxy) is 3. The van der Waals surface area contributed by atoms with Crippen LogP contribution in [0.1, 0.15) is 25.1 Å². The number of benzene rings is 1. The van der Waals surface area contributed by atoms with Crippen molar-refractivity contribution >= 4 is 22.7 Å². The predicted molar refractivity (Wildman–Crippen MR) is 139 cm³/mol. The molecule has 0 amide bonds. The molecule has 0 radical (unpaired) electrons. The summed E-state index contributed by atoms with van der Waals surface area (Å²) in [4.78, 5) is 27.2. The Balaban J connectivity index is 1.89. The van der Waals surface area contributed by atoms with Crippen molar-refractivity contribution < 1.29 is 18.6 Å². The fraction of sp³-hybridized carbons (Fsp3) is 0.407. The number of aliphatic imine (C=N–C) groups is 2. The smallest absolute Gasteiger partial charge is 0.262 e. The summed E-state index contributed by atoms with van der Waals surface area (Å²) in [6, 6.07) is 6.05. The Morgan fingerprint density at radius 2 is 1.78 bits per heavy atom. The average molecular weight is 495 g/mol. The summed E-state index contributed by atoms with van der Waals surface area (Å²) in [6.45, 7) is 5.86. The molecule has 0 saturated carbocycles. The highest BCUT2D eigenvalue weighted by atomic mass is 19.1. The van der Waals surface area contributed by atoms with Crippen LogP contribution >= 0.6 is 0 Å². The van der Waals surface area contributed by atoms with Crippen molar-refractivity contribution in [1.82, 2.24) is 9.55 Å². The highest BCUT2D eigenvalue weighted by Crippen LogP contribution is 2.36. The number of rotatable bonds is 5. The molecule has 1 aliphatic heterocycles.